The third-order valence-electron chi connectivity index (χ3n) is 3.53. The van der Waals surface area contributed by atoms with Gasteiger partial charge in [0.2, 0.25) is 0 Å². The third kappa shape index (κ3) is 4.97. The first-order chi connectivity index (χ1) is 9.19. The van der Waals surface area contributed by atoms with Crippen LogP contribution in [0.15, 0.2) is 10.5 Å². The molecule has 2 rings (SSSR count). The zero-order chi connectivity index (χ0) is 13.7. The number of hydrogen-bond donors (Lipinski definition) is 1. The molecule has 0 radical (unpaired) electrons. The Morgan fingerprint density at radius 3 is 2.95 bits per heavy atom. The summed E-state index contributed by atoms with van der Waals surface area (Å²) in [5.41, 5.74) is 1.25. The van der Waals surface area contributed by atoms with Crippen molar-refractivity contribution in [3.63, 3.8) is 0 Å². The number of likely N-dealkylation sites (N-methyl/N-ethyl adjacent to an activating group) is 1. The first-order valence-electron chi connectivity index (χ1n) is 7.18. The summed E-state index contributed by atoms with van der Waals surface area (Å²) < 4.78 is 11.4. The molecule has 1 fully saturated rings. The highest BCUT2D eigenvalue weighted by atomic mass is 16.5. The maximum Gasteiger partial charge on any atom is 0.118 e. The molecule has 1 N–H and O–H groups in total. The van der Waals surface area contributed by atoms with Gasteiger partial charge in [0.15, 0.2) is 0 Å². The van der Waals surface area contributed by atoms with Crippen molar-refractivity contribution >= 4 is 0 Å². The van der Waals surface area contributed by atoms with Crippen LogP contribution in [0.1, 0.15) is 29.9 Å². The monoisotopic (exact) mass is 266 g/mol. The molecule has 0 aromatic carbocycles. The predicted molar refractivity (Wildman–Crippen MR) is 76.1 cm³/mol. The number of rotatable bonds is 9. The zero-order valence-corrected chi connectivity index (χ0v) is 12.4. The fourth-order valence-corrected chi connectivity index (χ4v) is 2.13. The highest BCUT2D eigenvalue weighted by Gasteiger charge is 2.21. The normalized spacial score (nSPS) is 15.4. The van der Waals surface area contributed by atoms with Crippen LogP contribution >= 0.6 is 0 Å². The molecule has 1 saturated carbocycles. The first-order valence-corrected chi connectivity index (χ1v) is 7.18. The molecule has 108 valence electrons. The number of nitrogens with zero attached hydrogens (tertiary/aromatic N) is 1. The quantitative estimate of drug-likeness (QED) is 0.695. The molecule has 1 aliphatic rings. The molecule has 4 nitrogen and oxygen atoms in total. The molecular formula is C15H26N2O2. The molecule has 0 spiro atoms. The van der Waals surface area contributed by atoms with Crippen LogP contribution in [0, 0.1) is 12.8 Å². The molecule has 0 aliphatic heterocycles. The lowest BCUT2D eigenvalue weighted by molar-refractivity contribution is 0.0999. The van der Waals surface area contributed by atoms with E-state index in [1.54, 1.807) is 0 Å². The Kier molecular flexibility index (Phi) is 5.43. The second kappa shape index (κ2) is 7.08. The van der Waals surface area contributed by atoms with E-state index >= 15 is 0 Å². The van der Waals surface area contributed by atoms with E-state index in [4.69, 9.17) is 9.15 Å². The largest absolute Gasteiger partial charge is 0.465 e. The van der Waals surface area contributed by atoms with Crippen LogP contribution in [0.5, 0.6) is 0 Å². The van der Waals surface area contributed by atoms with Gasteiger partial charge in [0.05, 0.1) is 13.2 Å². The third-order valence-corrected chi connectivity index (χ3v) is 3.53. The fourth-order valence-electron chi connectivity index (χ4n) is 2.13. The zero-order valence-electron chi connectivity index (χ0n) is 12.4. The van der Waals surface area contributed by atoms with Crippen LogP contribution in [0.3, 0.4) is 0 Å². The lowest BCUT2D eigenvalue weighted by Crippen LogP contribution is -2.22. The maximum absolute atomic E-state index is 5.77. The van der Waals surface area contributed by atoms with Gasteiger partial charge < -0.3 is 14.5 Å². The number of hydrogen-bond acceptors (Lipinski definition) is 4. The van der Waals surface area contributed by atoms with Crippen LogP contribution in [-0.4, -0.2) is 38.8 Å². The van der Waals surface area contributed by atoms with Crippen molar-refractivity contribution in [1.29, 1.82) is 0 Å². The average molecular weight is 266 g/mol. The lowest BCUT2D eigenvalue weighted by Gasteiger charge is -2.14. The molecule has 4 heteroatoms. The van der Waals surface area contributed by atoms with Gasteiger partial charge >= 0.3 is 0 Å². The van der Waals surface area contributed by atoms with E-state index in [2.05, 4.69) is 23.3 Å². The molecule has 0 saturated heterocycles. The molecular weight excluding hydrogens is 240 g/mol. The van der Waals surface area contributed by atoms with Crippen LogP contribution in [0.2, 0.25) is 0 Å². The Hall–Kier alpha value is -0.840. The van der Waals surface area contributed by atoms with Gasteiger partial charge in [0.1, 0.15) is 11.5 Å². The van der Waals surface area contributed by atoms with E-state index in [0.29, 0.717) is 0 Å². The van der Waals surface area contributed by atoms with Gasteiger partial charge in [-0.15, -0.1) is 0 Å². The van der Waals surface area contributed by atoms with E-state index in [9.17, 15) is 0 Å². The molecule has 0 atom stereocenters. The minimum absolute atomic E-state index is 0.816. The van der Waals surface area contributed by atoms with Crippen molar-refractivity contribution in [2.24, 2.45) is 5.92 Å². The van der Waals surface area contributed by atoms with Gasteiger partial charge in [-0.05, 0) is 45.8 Å². The van der Waals surface area contributed by atoms with Gasteiger partial charge in [-0.2, -0.15) is 0 Å². The SMILES string of the molecule is CNCc1cc(CN(C)CCOCC2CC2)oc1C. The lowest BCUT2D eigenvalue weighted by atomic mass is 10.2. The minimum Gasteiger partial charge on any atom is -0.465 e. The van der Waals surface area contributed by atoms with Crippen LogP contribution in [0.25, 0.3) is 0 Å². The summed E-state index contributed by atoms with van der Waals surface area (Å²) in [6.07, 6.45) is 2.71. The number of nitrogens with one attached hydrogen (secondary N) is 1. The summed E-state index contributed by atoms with van der Waals surface area (Å²) in [4.78, 5) is 2.24. The number of furan rings is 1. The minimum atomic E-state index is 0.816. The summed E-state index contributed by atoms with van der Waals surface area (Å²) >= 11 is 0. The standard InChI is InChI=1S/C15H26N2O2/c1-12-14(9-16-2)8-15(19-12)10-17(3)6-7-18-11-13-4-5-13/h8,13,16H,4-7,9-11H2,1-3H3. The highest BCUT2D eigenvalue weighted by Crippen LogP contribution is 2.28. The Balaban J connectivity index is 1.68. The van der Waals surface area contributed by atoms with Crippen molar-refractivity contribution in [3.05, 3.63) is 23.2 Å². The summed E-state index contributed by atoms with van der Waals surface area (Å²) in [5.74, 6) is 2.90. The van der Waals surface area contributed by atoms with Gasteiger partial charge in [-0.3, -0.25) is 4.90 Å². The van der Waals surface area contributed by atoms with Crippen molar-refractivity contribution < 1.29 is 9.15 Å². The van der Waals surface area contributed by atoms with Crippen molar-refractivity contribution in [1.82, 2.24) is 10.2 Å². The number of ether oxygens (including phenoxy) is 1. The van der Waals surface area contributed by atoms with Gasteiger partial charge in [0.25, 0.3) is 0 Å². The van der Waals surface area contributed by atoms with Crippen LogP contribution in [0.4, 0.5) is 0 Å². The van der Waals surface area contributed by atoms with Crippen LogP contribution < -0.4 is 5.32 Å². The fraction of sp³-hybridized carbons (Fsp3) is 0.733. The number of aryl methyl sites for hydroxylation is 1. The molecule has 1 aliphatic carbocycles. The van der Waals surface area contributed by atoms with Gasteiger partial charge in [-0.25, -0.2) is 0 Å². The van der Waals surface area contributed by atoms with E-state index in [1.807, 2.05) is 14.0 Å². The molecule has 0 bridgehead atoms. The average Bonchev–Trinajstić information content (AvgIpc) is 3.12. The summed E-state index contributed by atoms with van der Waals surface area (Å²) in [7, 11) is 4.06. The second-order valence-electron chi connectivity index (χ2n) is 5.58. The van der Waals surface area contributed by atoms with E-state index < -0.39 is 0 Å². The highest BCUT2D eigenvalue weighted by molar-refractivity contribution is 5.20. The smallest absolute Gasteiger partial charge is 0.118 e. The molecule has 19 heavy (non-hydrogen) atoms. The van der Waals surface area contributed by atoms with E-state index in [0.717, 1.165) is 50.3 Å². The van der Waals surface area contributed by atoms with Crippen molar-refractivity contribution in [3.8, 4) is 0 Å². The Morgan fingerprint density at radius 2 is 2.26 bits per heavy atom. The second-order valence-corrected chi connectivity index (χ2v) is 5.58. The Bertz CT molecular complexity index is 385. The Labute approximate surface area is 116 Å². The summed E-state index contributed by atoms with van der Waals surface area (Å²) in [5, 5.41) is 3.16. The van der Waals surface area contributed by atoms with E-state index in [-0.39, 0.29) is 0 Å². The molecule has 1 heterocycles. The van der Waals surface area contributed by atoms with Gasteiger partial charge in [-0.1, -0.05) is 0 Å². The van der Waals surface area contributed by atoms with E-state index in [1.165, 1.54) is 18.4 Å². The topological polar surface area (TPSA) is 37.6 Å². The Morgan fingerprint density at radius 1 is 1.47 bits per heavy atom. The van der Waals surface area contributed by atoms with Gasteiger partial charge in [0, 0.05) is 25.3 Å². The molecule has 1 aromatic rings. The summed E-state index contributed by atoms with van der Waals surface area (Å²) in [6.45, 7) is 6.44. The molecule has 1 aromatic heterocycles. The van der Waals surface area contributed by atoms with Crippen molar-refractivity contribution in [2.45, 2.75) is 32.9 Å². The summed E-state index contributed by atoms with van der Waals surface area (Å²) in [6, 6.07) is 2.15. The first kappa shape index (κ1) is 14.6. The van der Waals surface area contributed by atoms with Crippen LogP contribution in [-0.2, 0) is 17.8 Å². The predicted octanol–water partition coefficient (Wildman–Crippen LogP) is 2.17. The van der Waals surface area contributed by atoms with Crippen molar-refractivity contribution in [2.75, 3.05) is 33.9 Å². The molecule has 0 amide bonds. The molecule has 0 unspecified atom stereocenters. The maximum atomic E-state index is 5.77.